The topological polar surface area (TPSA) is 41.6 Å². The van der Waals surface area contributed by atoms with Crippen LogP contribution < -0.4 is 10.1 Å². The first kappa shape index (κ1) is 14.4. The van der Waals surface area contributed by atoms with Crippen LogP contribution in [-0.2, 0) is 0 Å². The van der Waals surface area contributed by atoms with E-state index in [1.165, 1.54) is 0 Å². The third-order valence-corrected chi connectivity index (χ3v) is 5.23. The SMILES string of the molecule is COc1ccc2sc(C(=O)N3CCCNCC3)c(C)c2c1. The molecule has 0 atom stereocenters. The highest BCUT2D eigenvalue weighted by Crippen LogP contribution is 2.34. The van der Waals surface area contributed by atoms with Gasteiger partial charge in [0.15, 0.2) is 0 Å². The van der Waals surface area contributed by atoms with Gasteiger partial charge in [0.05, 0.1) is 12.0 Å². The molecule has 0 unspecified atom stereocenters. The number of nitrogens with one attached hydrogen (secondary N) is 1. The van der Waals surface area contributed by atoms with Crippen LogP contribution in [0.2, 0.25) is 0 Å². The Bertz CT molecular complexity index is 658. The first-order chi connectivity index (χ1) is 10.2. The summed E-state index contributed by atoms with van der Waals surface area (Å²) >= 11 is 1.58. The Morgan fingerprint density at radius 3 is 3.00 bits per heavy atom. The molecule has 0 aliphatic carbocycles. The summed E-state index contributed by atoms with van der Waals surface area (Å²) in [4.78, 5) is 15.6. The quantitative estimate of drug-likeness (QED) is 0.927. The normalized spacial score (nSPS) is 16.0. The molecule has 1 aliphatic rings. The predicted molar refractivity (Wildman–Crippen MR) is 86.5 cm³/mol. The van der Waals surface area contributed by atoms with Gasteiger partial charge in [0, 0.05) is 24.3 Å². The van der Waals surface area contributed by atoms with Gasteiger partial charge in [-0.25, -0.2) is 0 Å². The third kappa shape index (κ3) is 2.76. The summed E-state index contributed by atoms with van der Waals surface area (Å²) in [5.74, 6) is 0.998. The summed E-state index contributed by atoms with van der Waals surface area (Å²) in [6, 6.07) is 6.00. The van der Waals surface area contributed by atoms with Crippen molar-refractivity contribution < 1.29 is 9.53 Å². The summed E-state index contributed by atoms with van der Waals surface area (Å²) in [7, 11) is 1.67. The minimum absolute atomic E-state index is 0.163. The Labute approximate surface area is 128 Å². The van der Waals surface area contributed by atoms with Crippen molar-refractivity contribution in [1.82, 2.24) is 10.2 Å². The van der Waals surface area contributed by atoms with Gasteiger partial charge >= 0.3 is 0 Å². The molecule has 2 aromatic rings. The summed E-state index contributed by atoms with van der Waals surface area (Å²) in [5, 5.41) is 4.45. The van der Waals surface area contributed by atoms with Crippen molar-refractivity contribution in [1.29, 1.82) is 0 Å². The van der Waals surface area contributed by atoms with Crippen LogP contribution in [0.1, 0.15) is 21.7 Å². The van der Waals surface area contributed by atoms with Crippen LogP contribution in [0, 0.1) is 6.92 Å². The lowest BCUT2D eigenvalue weighted by Crippen LogP contribution is -2.34. The molecule has 1 N–H and O–H groups in total. The van der Waals surface area contributed by atoms with Crippen molar-refractivity contribution in [3.05, 3.63) is 28.6 Å². The maximum atomic E-state index is 12.8. The Morgan fingerprint density at radius 1 is 1.33 bits per heavy atom. The number of carbonyl (C=O) groups excluding carboxylic acids is 1. The molecule has 1 aromatic carbocycles. The van der Waals surface area contributed by atoms with Crippen LogP contribution in [0.15, 0.2) is 18.2 Å². The van der Waals surface area contributed by atoms with Crippen molar-refractivity contribution in [2.24, 2.45) is 0 Å². The number of thiophene rings is 1. The van der Waals surface area contributed by atoms with Crippen LogP contribution in [0.25, 0.3) is 10.1 Å². The Morgan fingerprint density at radius 2 is 2.19 bits per heavy atom. The second-order valence-corrected chi connectivity index (χ2v) is 6.37. The van der Waals surface area contributed by atoms with E-state index in [-0.39, 0.29) is 5.91 Å². The Balaban J connectivity index is 1.95. The monoisotopic (exact) mass is 304 g/mol. The molecule has 1 amide bonds. The average Bonchev–Trinajstić information content (AvgIpc) is 2.71. The Hall–Kier alpha value is -1.59. The number of benzene rings is 1. The van der Waals surface area contributed by atoms with E-state index in [1.807, 2.05) is 30.0 Å². The van der Waals surface area contributed by atoms with E-state index in [1.54, 1.807) is 18.4 Å². The van der Waals surface area contributed by atoms with Gasteiger partial charge in [0.1, 0.15) is 5.75 Å². The van der Waals surface area contributed by atoms with Crippen molar-refractivity contribution in [2.75, 3.05) is 33.3 Å². The molecule has 1 aromatic heterocycles. The highest BCUT2D eigenvalue weighted by atomic mass is 32.1. The van der Waals surface area contributed by atoms with Gasteiger partial charge in [-0.05, 0) is 49.0 Å². The van der Waals surface area contributed by atoms with Crippen molar-refractivity contribution >= 4 is 27.3 Å². The molecule has 1 aliphatic heterocycles. The lowest BCUT2D eigenvalue weighted by molar-refractivity contribution is 0.0770. The summed E-state index contributed by atoms with van der Waals surface area (Å²) in [5.41, 5.74) is 1.07. The maximum absolute atomic E-state index is 12.8. The van der Waals surface area contributed by atoms with Crippen molar-refractivity contribution in [3.8, 4) is 5.75 Å². The lowest BCUT2D eigenvalue weighted by atomic mass is 10.1. The average molecular weight is 304 g/mol. The number of rotatable bonds is 2. The number of hydrogen-bond donors (Lipinski definition) is 1. The van der Waals surface area contributed by atoms with E-state index in [0.29, 0.717) is 0 Å². The summed E-state index contributed by atoms with van der Waals surface area (Å²) < 4.78 is 6.42. The highest BCUT2D eigenvalue weighted by molar-refractivity contribution is 7.21. The Kier molecular flexibility index (Phi) is 4.12. The molecule has 2 heterocycles. The van der Waals surface area contributed by atoms with Crippen molar-refractivity contribution in [2.45, 2.75) is 13.3 Å². The van der Waals surface area contributed by atoms with Gasteiger partial charge < -0.3 is 15.0 Å². The van der Waals surface area contributed by atoms with Crippen molar-refractivity contribution in [3.63, 3.8) is 0 Å². The van der Waals surface area contributed by atoms with Gasteiger partial charge in [0.2, 0.25) is 0 Å². The van der Waals surface area contributed by atoms with E-state index in [9.17, 15) is 4.79 Å². The third-order valence-electron chi connectivity index (χ3n) is 3.96. The largest absolute Gasteiger partial charge is 0.497 e. The summed E-state index contributed by atoms with van der Waals surface area (Å²) in [6.07, 6.45) is 1.02. The minimum Gasteiger partial charge on any atom is -0.497 e. The molecular weight excluding hydrogens is 284 g/mol. The lowest BCUT2D eigenvalue weighted by Gasteiger charge is -2.19. The van der Waals surface area contributed by atoms with Crippen LogP contribution in [0.5, 0.6) is 5.75 Å². The molecule has 112 valence electrons. The number of amides is 1. The first-order valence-corrected chi connectivity index (χ1v) is 8.09. The number of hydrogen-bond acceptors (Lipinski definition) is 4. The van der Waals surface area contributed by atoms with Gasteiger partial charge in [-0.3, -0.25) is 4.79 Å². The van der Waals surface area contributed by atoms with Crippen LogP contribution >= 0.6 is 11.3 Å². The fourth-order valence-corrected chi connectivity index (χ4v) is 3.88. The van der Waals surface area contributed by atoms with E-state index in [2.05, 4.69) is 5.32 Å². The molecule has 1 fully saturated rings. The fraction of sp³-hybridized carbons (Fsp3) is 0.438. The number of carbonyl (C=O) groups is 1. The van der Waals surface area contributed by atoms with Gasteiger partial charge in [-0.2, -0.15) is 0 Å². The molecule has 0 saturated carbocycles. The smallest absolute Gasteiger partial charge is 0.264 e. The molecule has 21 heavy (non-hydrogen) atoms. The number of ether oxygens (including phenoxy) is 1. The van der Waals surface area contributed by atoms with Gasteiger partial charge in [0.25, 0.3) is 5.91 Å². The number of nitrogens with zero attached hydrogens (tertiary/aromatic N) is 1. The van der Waals surface area contributed by atoms with Crippen LogP contribution in [-0.4, -0.2) is 44.1 Å². The first-order valence-electron chi connectivity index (χ1n) is 7.28. The number of aryl methyl sites for hydroxylation is 1. The zero-order valence-electron chi connectivity index (χ0n) is 12.4. The molecule has 3 rings (SSSR count). The van der Waals surface area contributed by atoms with Crippen LogP contribution in [0.4, 0.5) is 0 Å². The minimum atomic E-state index is 0.163. The second-order valence-electron chi connectivity index (χ2n) is 5.31. The molecular formula is C16H20N2O2S. The molecule has 0 radical (unpaired) electrons. The zero-order chi connectivity index (χ0) is 14.8. The van der Waals surface area contributed by atoms with E-state index in [0.717, 1.165) is 58.9 Å². The standard InChI is InChI=1S/C16H20N2O2S/c1-11-13-10-12(20-2)4-5-14(13)21-15(11)16(19)18-8-3-6-17-7-9-18/h4-5,10,17H,3,6-9H2,1-2H3. The van der Waals surface area contributed by atoms with Gasteiger partial charge in [-0.15, -0.1) is 11.3 Å². The number of methoxy groups -OCH3 is 1. The van der Waals surface area contributed by atoms with Gasteiger partial charge in [-0.1, -0.05) is 0 Å². The number of fused-ring (bicyclic) bond motifs is 1. The van der Waals surface area contributed by atoms with E-state index < -0.39 is 0 Å². The second kappa shape index (κ2) is 6.03. The fourth-order valence-electron chi connectivity index (χ4n) is 2.72. The molecule has 4 nitrogen and oxygen atoms in total. The van der Waals surface area contributed by atoms with E-state index >= 15 is 0 Å². The molecule has 0 spiro atoms. The van der Waals surface area contributed by atoms with E-state index in [4.69, 9.17) is 4.74 Å². The molecule has 5 heteroatoms. The molecule has 0 bridgehead atoms. The molecule has 1 saturated heterocycles. The highest BCUT2D eigenvalue weighted by Gasteiger charge is 2.22. The van der Waals surface area contributed by atoms with Crippen LogP contribution in [0.3, 0.4) is 0 Å². The zero-order valence-corrected chi connectivity index (χ0v) is 13.3. The predicted octanol–water partition coefficient (Wildman–Crippen LogP) is 2.65. The summed E-state index contributed by atoms with van der Waals surface area (Å²) in [6.45, 7) is 5.52. The maximum Gasteiger partial charge on any atom is 0.264 e.